The summed E-state index contributed by atoms with van der Waals surface area (Å²) in [6.07, 6.45) is 7.54. The summed E-state index contributed by atoms with van der Waals surface area (Å²) in [5.41, 5.74) is 2.72. The first kappa shape index (κ1) is 23.1. The lowest BCUT2D eigenvalue weighted by Crippen LogP contribution is -2.31. The number of amides is 2. The van der Waals surface area contributed by atoms with Crippen molar-refractivity contribution in [3.8, 4) is 5.75 Å². The Labute approximate surface area is 207 Å². The lowest BCUT2D eigenvalue weighted by Gasteiger charge is -2.32. The SMILES string of the molecule is CCCCCOc1ccc(N2C(=O)[C@@H]3[C@H](C2=O)[C@@H](c2ccccc2)C=C[C@H]3c2ccccc2)cc1. The first-order valence-corrected chi connectivity index (χ1v) is 12.6. The molecule has 35 heavy (non-hydrogen) atoms. The Morgan fingerprint density at radius 3 is 1.69 bits per heavy atom. The highest BCUT2D eigenvalue weighted by molar-refractivity contribution is 6.23. The first-order chi connectivity index (χ1) is 17.2. The Morgan fingerprint density at radius 2 is 1.20 bits per heavy atom. The Bertz CT molecular complexity index is 1120. The predicted molar refractivity (Wildman–Crippen MR) is 138 cm³/mol. The number of hydrogen-bond donors (Lipinski definition) is 0. The molecule has 178 valence electrons. The zero-order valence-electron chi connectivity index (χ0n) is 20.0. The molecule has 1 aliphatic carbocycles. The van der Waals surface area contributed by atoms with Crippen molar-refractivity contribution in [1.82, 2.24) is 0 Å². The average molecular weight is 466 g/mol. The van der Waals surface area contributed by atoms with Crippen LogP contribution in [0.25, 0.3) is 0 Å². The molecule has 1 heterocycles. The number of carbonyl (C=O) groups is 2. The van der Waals surface area contributed by atoms with E-state index in [1.54, 1.807) is 0 Å². The Hall–Kier alpha value is -3.66. The third-order valence-electron chi connectivity index (χ3n) is 7.18. The van der Waals surface area contributed by atoms with Gasteiger partial charge in [0.2, 0.25) is 11.8 Å². The fourth-order valence-electron chi connectivity index (χ4n) is 5.42. The molecule has 1 fully saturated rings. The van der Waals surface area contributed by atoms with Crippen LogP contribution in [0, 0.1) is 11.8 Å². The molecule has 2 aliphatic rings. The van der Waals surface area contributed by atoms with Crippen molar-refractivity contribution in [3.63, 3.8) is 0 Å². The van der Waals surface area contributed by atoms with E-state index in [-0.39, 0.29) is 23.7 Å². The van der Waals surface area contributed by atoms with E-state index in [0.717, 1.165) is 36.1 Å². The van der Waals surface area contributed by atoms with Crippen LogP contribution in [0.5, 0.6) is 5.75 Å². The smallest absolute Gasteiger partial charge is 0.238 e. The van der Waals surface area contributed by atoms with E-state index < -0.39 is 11.8 Å². The monoisotopic (exact) mass is 465 g/mol. The van der Waals surface area contributed by atoms with Crippen molar-refractivity contribution in [2.45, 2.75) is 38.0 Å². The van der Waals surface area contributed by atoms with Gasteiger partial charge in [-0.15, -0.1) is 0 Å². The van der Waals surface area contributed by atoms with Gasteiger partial charge in [-0.2, -0.15) is 0 Å². The molecule has 1 saturated heterocycles. The molecular formula is C31H31NO3. The van der Waals surface area contributed by atoms with Crippen molar-refractivity contribution in [1.29, 1.82) is 0 Å². The molecule has 0 unspecified atom stereocenters. The second kappa shape index (κ2) is 10.3. The molecule has 0 bridgehead atoms. The van der Waals surface area contributed by atoms with Crippen LogP contribution in [0.3, 0.4) is 0 Å². The van der Waals surface area contributed by atoms with Crippen LogP contribution in [-0.4, -0.2) is 18.4 Å². The molecule has 4 nitrogen and oxygen atoms in total. The number of fused-ring (bicyclic) bond motifs is 1. The second-order valence-electron chi connectivity index (χ2n) is 9.37. The van der Waals surface area contributed by atoms with Gasteiger partial charge in [-0.1, -0.05) is 92.6 Å². The third-order valence-corrected chi connectivity index (χ3v) is 7.18. The molecule has 4 heteroatoms. The van der Waals surface area contributed by atoms with Crippen molar-refractivity contribution in [3.05, 3.63) is 108 Å². The summed E-state index contributed by atoms with van der Waals surface area (Å²) in [6.45, 7) is 2.83. The highest BCUT2D eigenvalue weighted by Crippen LogP contribution is 2.50. The van der Waals surface area contributed by atoms with E-state index in [9.17, 15) is 9.59 Å². The Morgan fingerprint density at radius 1 is 0.686 bits per heavy atom. The number of nitrogens with zero attached hydrogens (tertiary/aromatic N) is 1. The average Bonchev–Trinajstić information content (AvgIpc) is 3.18. The molecule has 4 atom stereocenters. The van der Waals surface area contributed by atoms with E-state index in [1.807, 2.05) is 84.9 Å². The molecule has 5 rings (SSSR count). The molecule has 0 N–H and O–H groups in total. The summed E-state index contributed by atoms with van der Waals surface area (Å²) in [5.74, 6) is -0.651. The summed E-state index contributed by atoms with van der Waals surface area (Å²) in [4.78, 5) is 29.2. The number of ether oxygens (including phenoxy) is 1. The molecule has 0 saturated carbocycles. The largest absolute Gasteiger partial charge is 0.494 e. The summed E-state index contributed by atoms with van der Waals surface area (Å²) in [5, 5.41) is 0. The maximum Gasteiger partial charge on any atom is 0.238 e. The summed E-state index contributed by atoms with van der Waals surface area (Å²) in [7, 11) is 0. The minimum absolute atomic E-state index is 0.129. The number of carbonyl (C=O) groups excluding carboxylic acids is 2. The van der Waals surface area contributed by atoms with Gasteiger partial charge in [0.05, 0.1) is 24.1 Å². The van der Waals surface area contributed by atoms with Crippen LogP contribution in [0.2, 0.25) is 0 Å². The van der Waals surface area contributed by atoms with Crippen LogP contribution in [-0.2, 0) is 9.59 Å². The Balaban J connectivity index is 1.46. The predicted octanol–water partition coefficient (Wildman–Crippen LogP) is 6.50. The maximum absolute atomic E-state index is 13.9. The van der Waals surface area contributed by atoms with Crippen molar-refractivity contribution < 1.29 is 14.3 Å². The minimum Gasteiger partial charge on any atom is -0.494 e. The second-order valence-corrected chi connectivity index (χ2v) is 9.37. The normalized spacial score (nSPS) is 23.4. The minimum atomic E-state index is -0.440. The topological polar surface area (TPSA) is 46.6 Å². The van der Waals surface area contributed by atoms with E-state index >= 15 is 0 Å². The molecule has 3 aromatic rings. The quantitative estimate of drug-likeness (QED) is 0.217. The third kappa shape index (κ3) is 4.53. The van der Waals surface area contributed by atoms with Gasteiger partial charge in [0.25, 0.3) is 0 Å². The summed E-state index contributed by atoms with van der Waals surface area (Å²) in [6, 6.07) is 27.4. The number of allylic oxidation sites excluding steroid dienone is 2. The van der Waals surface area contributed by atoms with E-state index in [4.69, 9.17) is 4.74 Å². The van der Waals surface area contributed by atoms with Crippen molar-refractivity contribution >= 4 is 17.5 Å². The van der Waals surface area contributed by atoms with Gasteiger partial charge in [-0.25, -0.2) is 4.90 Å². The van der Waals surface area contributed by atoms with Gasteiger partial charge >= 0.3 is 0 Å². The van der Waals surface area contributed by atoms with Gasteiger partial charge in [0.1, 0.15) is 5.75 Å². The summed E-state index contributed by atoms with van der Waals surface area (Å²) >= 11 is 0. The van der Waals surface area contributed by atoms with Gasteiger partial charge in [-0.05, 0) is 41.8 Å². The number of benzene rings is 3. The number of anilines is 1. The highest BCUT2D eigenvalue weighted by Gasteiger charge is 2.55. The number of hydrogen-bond acceptors (Lipinski definition) is 3. The van der Waals surface area contributed by atoms with Crippen LogP contribution < -0.4 is 9.64 Å². The standard InChI is InChI=1S/C31H31NO3/c1-2-3-10-21-35-25-17-15-24(16-18-25)32-30(33)28-26(22-11-6-4-7-12-22)19-20-27(29(28)31(32)34)23-13-8-5-9-14-23/h4-9,11-20,26-29H,2-3,10,21H2,1H3/t26-,27+,28-,29+. The van der Waals surface area contributed by atoms with Crippen LogP contribution in [0.4, 0.5) is 5.69 Å². The molecule has 3 aromatic carbocycles. The molecule has 1 aliphatic heterocycles. The lowest BCUT2D eigenvalue weighted by molar-refractivity contribution is -0.122. The molecule has 0 spiro atoms. The van der Waals surface area contributed by atoms with Crippen LogP contribution in [0.1, 0.15) is 49.1 Å². The summed E-state index contributed by atoms with van der Waals surface area (Å²) < 4.78 is 5.83. The van der Waals surface area contributed by atoms with Crippen molar-refractivity contribution in [2.24, 2.45) is 11.8 Å². The molecule has 2 amide bonds. The fraction of sp³-hybridized carbons (Fsp3) is 0.290. The number of rotatable bonds is 8. The maximum atomic E-state index is 13.9. The van der Waals surface area contributed by atoms with E-state index in [2.05, 4.69) is 19.1 Å². The molecule has 0 radical (unpaired) electrons. The number of unbranched alkanes of at least 4 members (excludes halogenated alkanes) is 2. The molecule has 0 aromatic heterocycles. The van der Waals surface area contributed by atoms with E-state index in [0.29, 0.717) is 12.3 Å². The fourth-order valence-corrected chi connectivity index (χ4v) is 5.42. The first-order valence-electron chi connectivity index (χ1n) is 12.6. The zero-order valence-corrected chi connectivity index (χ0v) is 20.0. The Kier molecular flexibility index (Phi) is 6.80. The number of imide groups is 1. The van der Waals surface area contributed by atoms with Crippen LogP contribution >= 0.6 is 0 Å². The van der Waals surface area contributed by atoms with Gasteiger partial charge in [-0.3, -0.25) is 9.59 Å². The van der Waals surface area contributed by atoms with E-state index in [1.165, 1.54) is 4.90 Å². The van der Waals surface area contributed by atoms with Gasteiger partial charge in [0.15, 0.2) is 0 Å². The lowest BCUT2D eigenvalue weighted by atomic mass is 9.68. The van der Waals surface area contributed by atoms with Crippen LogP contribution in [0.15, 0.2) is 97.1 Å². The van der Waals surface area contributed by atoms with Crippen molar-refractivity contribution in [2.75, 3.05) is 11.5 Å². The zero-order chi connectivity index (χ0) is 24.2. The van der Waals surface area contributed by atoms with Gasteiger partial charge in [0, 0.05) is 11.8 Å². The molecular weight excluding hydrogens is 434 g/mol. The highest BCUT2D eigenvalue weighted by atomic mass is 16.5. The van der Waals surface area contributed by atoms with Gasteiger partial charge < -0.3 is 4.74 Å².